The number of ether oxygens (including phenoxy) is 1. The minimum Gasteiger partial charge on any atom is -0.477 e. The van der Waals surface area contributed by atoms with Crippen LogP contribution >= 0.6 is 0 Å². The highest BCUT2D eigenvalue weighted by molar-refractivity contribution is 5.78. The molecule has 3 heterocycles. The number of rotatable bonds is 4. The molecule has 0 atom stereocenters. The largest absolute Gasteiger partial charge is 0.477 e. The molecule has 4 rings (SSSR count). The minimum absolute atomic E-state index is 0.551. The lowest BCUT2D eigenvalue weighted by atomic mass is 9.98. The lowest BCUT2D eigenvalue weighted by molar-refractivity contribution is 0.214. The fraction of sp³-hybridized carbons (Fsp3) is 0.450. The van der Waals surface area contributed by atoms with E-state index >= 15 is 0 Å². The summed E-state index contributed by atoms with van der Waals surface area (Å²) in [5.41, 5.74) is 4.25. The number of anilines is 1. The summed E-state index contributed by atoms with van der Waals surface area (Å²) in [6.45, 7) is 6.73. The first-order chi connectivity index (χ1) is 12.6. The second-order valence-corrected chi connectivity index (χ2v) is 7.09. The third-order valence-electron chi connectivity index (χ3n) is 5.41. The molecule has 1 aliphatic heterocycles. The van der Waals surface area contributed by atoms with Crippen molar-refractivity contribution in [1.29, 1.82) is 0 Å². The Hall–Kier alpha value is -2.63. The first-order valence-electron chi connectivity index (χ1n) is 9.21. The number of fused-ring (bicyclic) bond motifs is 1. The van der Waals surface area contributed by atoms with Crippen molar-refractivity contribution in [3.8, 4) is 5.88 Å². The zero-order valence-electron chi connectivity index (χ0n) is 15.6. The van der Waals surface area contributed by atoms with Gasteiger partial charge in [-0.15, -0.1) is 0 Å². The molecule has 1 aromatic carbocycles. The summed E-state index contributed by atoms with van der Waals surface area (Å²) < 4.78 is 8.17. The highest BCUT2D eigenvalue weighted by Gasteiger charge is 2.23. The predicted molar refractivity (Wildman–Crippen MR) is 103 cm³/mol. The van der Waals surface area contributed by atoms with Crippen molar-refractivity contribution in [3.05, 3.63) is 41.9 Å². The van der Waals surface area contributed by atoms with Crippen LogP contribution in [-0.4, -0.2) is 39.2 Å². The molecule has 6 nitrogen and oxygen atoms in total. The number of imidazole rings is 1. The standard InChI is InChI=1S/C20H25N5O/c1-14-15(2)21-13-22-19(14)26-12-16-8-10-25(11-9-16)20-23-17-6-4-5-7-18(17)24(20)3/h4-7,13,16H,8-12H2,1-3H3. The van der Waals surface area contributed by atoms with E-state index in [0.717, 1.165) is 54.5 Å². The molecule has 136 valence electrons. The fourth-order valence-corrected chi connectivity index (χ4v) is 3.57. The van der Waals surface area contributed by atoms with E-state index in [9.17, 15) is 0 Å². The van der Waals surface area contributed by atoms with Crippen LogP contribution < -0.4 is 9.64 Å². The smallest absolute Gasteiger partial charge is 0.219 e. The van der Waals surface area contributed by atoms with Crippen LogP contribution in [0.2, 0.25) is 0 Å². The van der Waals surface area contributed by atoms with Gasteiger partial charge in [0.1, 0.15) is 6.33 Å². The van der Waals surface area contributed by atoms with Crippen LogP contribution in [0.4, 0.5) is 5.95 Å². The third-order valence-corrected chi connectivity index (χ3v) is 5.41. The number of aromatic nitrogens is 4. The molecule has 3 aromatic rings. The van der Waals surface area contributed by atoms with Crippen molar-refractivity contribution in [2.45, 2.75) is 26.7 Å². The van der Waals surface area contributed by atoms with Gasteiger partial charge in [0.05, 0.1) is 17.6 Å². The van der Waals surface area contributed by atoms with Crippen LogP contribution in [0, 0.1) is 19.8 Å². The van der Waals surface area contributed by atoms with Gasteiger partial charge in [-0.3, -0.25) is 0 Å². The van der Waals surface area contributed by atoms with Crippen LogP contribution in [0.1, 0.15) is 24.1 Å². The van der Waals surface area contributed by atoms with Gasteiger partial charge < -0.3 is 14.2 Å². The molecule has 0 unspecified atom stereocenters. The average molecular weight is 351 g/mol. The second kappa shape index (κ2) is 6.94. The van der Waals surface area contributed by atoms with E-state index in [4.69, 9.17) is 9.72 Å². The van der Waals surface area contributed by atoms with Gasteiger partial charge in [0.15, 0.2) is 0 Å². The van der Waals surface area contributed by atoms with E-state index in [1.54, 1.807) is 6.33 Å². The van der Waals surface area contributed by atoms with Gasteiger partial charge >= 0.3 is 0 Å². The number of hydrogen-bond donors (Lipinski definition) is 0. The number of para-hydroxylation sites is 2. The summed E-state index contributed by atoms with van der Waals surface area (Å²) in [7, 11) is 2.10. The normalized spacial score (nSPS) is 15.6. The Kier molecular flexibility index (Phi) is 4.49. The van der Waals surface area contributed by atoms with Crippen molar-refractivity contribution >= 4 is 17.0 Å². The van der Waals surface area contributed by atoms with E-state index in [-0.39, 0.29) is 0 Å². The van der Waals surface area contributed by atoms with Gasteiger partial charge in [0.25, 0.3) is 0 Å². The second-order valence-electron chi connectivity index (χ2n) is 7.09. The highest BCUT2D eigenvalue weighted by atomic mass is 16.5. The van der Waals surface area contributed by atoms with Gasteiger partial charge in [0.2, 0.25) is 11.8 Å². The number of hydrogen-bond acceptors (Lipinski definition) is 5. The monoisotopic (exact) mass is 351 g/mol. The highest BCUT2D eigenvalue weighted by Crippen LogP contribution is 2.26. The van der Waals surface area contributed by atoms with Crippen LogP contribution in [0.5, 0.6) is 5.88 Å². The van der Waals surface area contributed by atoms with E-state index in [2.05, 4.69) is 44.7 Å². The summed E-state index contributed by atoms with van der Waals surface area (Å²) >= 11 is 0. The molecule has 2 aromatic heterocycles. The molecule has 0 spiro atoms. The van der Waals surface area contributed by atoms with E-state index < -0.39 is 0 Å². The molecule has 0 radical (unpaired) electrons. The maximum absolute atomic E-state index is 5.98. The maximum Gasteiger partial charge on any atom is 0.219 e. The molecule has 0 saturated carbocycles. The third kappa shape index (κ3) is 3.11. The van der Waals surface area contributed by atoms with E-state index in [1.165, 1.54) is 5.52 Å². The first kappa shape index (κ1) is 16.8. The molecular weight excluding hydrogens is 326 g/mol. The number of nitrogens with zero attached hydrogens (tertiary/aromatic N) is 5. The lowest BCUT2D eigenvalue weighted by Crippen LogP contribution is -2.37. The Morgan fingerprint density at radius 1 is 1.12 bits per heavy atom. The molecule has 1 saturated heterocycles. The molecule has 1 fully saturated rings. The van der Waals surface area contributed by atoms with Gasteiger partial charge in [-0.2, -0.15) is 0 Å². The molecule has 0 bridgehead atoms. The number of piperidine rings is 1. The van der Waals surface area contributed by atoms with Gasteiger partial charge in [-0.1, -0.05) is 12.1 Å². The van der Waals surface area contributed by atoms with Gasteiger partial charge in [-0.25, -0.2) is 15.0 Å². The molecule has 0 amide bonds. The maximum atomic E-state index is 5.98. The molecular formula is C20H25N5O. The zero-order chi connectivity index (χ0) is 18.1. The van der Waals surface area contributed by atoms with Gasteiger partial charge in [-0.05, 0) is 44.7 Å². The summed E-state index contributed by atoms with van der Waals surface area (Å²) in [6, 6.07) is 8.30. The van der Waals surface area contributed by atoms with Crippen molar-refractivity contribution < 1.29 is 4.74 Å². The topological polar surface area (TPSA) is 56.1 Å². The average Bonchev–Trinajstić information content (AvgIpc) is 3.00. The number of aryl methyl sites for hydroxylation is 2. The molecule has 0 aliphatic carbocycles. The summed E-state index contributed by atoms with van der Waals surface area (Å²) in [5.74, 6) is 2.33. The van der Waals surface area contributed by atoms with Crippen LogP contribution in [-0.2, 0) is 7.05 Å². The Balaban J connectivity index is 1.38. The fourth-order valence-electron chi connectivity index (χ4n) is 3.57. The van der Waals surface area contributed by atoms with Crippen LogP contribution in [0.15, 0.2) is 30.6 Å². The molecule has 6 heteroatoms. The minimum atomic E-state index is 0.551. The molecule has 26 heavy (non-hydrogen) atoms. The SMILES string of the molecule is Cc1ncnc(OCC2CCN(c3nc4ccccc4n3C)CC2)c1C. The Bertz CT molecular complexity index is 912. The predicted octanol–water partition coefficient (Wildman–Crippen LogP) is 3.28. The van der Waals surface area contributed by atoms with Crippen molar-refractivity contribution in [2.75, 3.05) is 24.6 Å². The summed E-state index contributed by atoms with van der Waals surface area (Å²) in [6.07, 6.45) is 3.78. The van der Waals surface area contributed by atoms with Crippen molar-refractivity contribution in [3.63, 3.8) is 0 Å². The van der Waals surface area contributed by atoms with Crippen LogP contribution in [0.3, 0.4) is 0 Å². The summed E-state index contributed by atoms with van der Waals surface area (Å²) in [4.78, 5) is 15.7. The van der Waals surface area contributed by atoms with Crippen molar-refractivity contribution in [2.24, 2.45) is 13.0 Å². The Morgan fingerprint density at radius 2 is 1.88 bits per heavy atom. The summed E-state index contributed by atoms with van der Waals surface area (Å²) in [5, 5.41) is 0. The molecule has 0 N–H and O–H groups in total. The molecule has 1 aliphatic rings. The quantitative estimate of drug-likeness (QED) is 0.722. The van der Waals surface area contributed by atoms with Crippen molar-refractivity contribution in [1.82, 2.24) is 19.5 Å². The Morgan fingerprint density at radius 3 is 2.65 bits per heavy atom. The zero-order valence-corrected chi connectivity index (χ0v) is 15.6. The first-order valence-corrected chi connectivity index (χ1v) is 9.21. The number of benzene rings is 1. The van der Waals surface area contributed by atoms with E-state index in [1.807, 2.05) is 19.9 Å². The lowest BCUT2D eigenvalue weighted by Gasteiger charge is -2.32. The Labute approximate surface area is 153 Å². The van der Waals surface area contributed by atoms with Gasteiger partial charge in [0, 0.05) is 31.4 Å². The van der Waals surface area contributed by atoms with E-state index in [0.29, 0.717) is 12.5 Å². The van der Waals surface area contributed by atoms with Crippen LogP contribution in [0.25, 0.3) is 11.0 Å².